The Balaban J connectivity index is 2.18. The minimum Gasteiger partial charge on any atom is -0.313 e. The van der Waals surface area contributed by atoms with Crippen LogP contribution in [0.1, 0.15) is 24.1 Å². The molecule has 0 amide bonds. The van der Waals surface area contributed by atoms with Crippen LogP contribution in [0.2, 0.25) is 0 Å². The molecule has 92 valence electrons. The fourth-order valence-electron chi connectivity index (χ4n) is 1.76. The van der Waals surface area contributed by atoms with Gasteiger partial charge in [0.2, 0.25) is 0 Å². The van der Waals surface area contributed by atoms with Crippen LogP contribution in [0.15, 0.2) is 12.4 Å². The van der Waals surface area contributed by atoms with Gasteiger partial charge in [-0.25, -0.2) is 9.67 Å². The van der Waals surface area contributed by atoms with Crippen LogP contribution in [-0.2, 0) is 26.6 Å². The van der Waals surface area contributed by atoms with E-state index in [2.05, 4.69) is 33.5 Å². The van der Waals surface area contributed by atoms with E-state index in [1.807, 2.05) is 23.5 Å². The maximum atomic E-state index is 4.42. The van der Waals surface area contributed by atoms with Crippen molar-refractivity contribution in [2.45, 2.75) is 26.4 Å². The lowest BCUT2D eigenvalue weighted by Crippen LogP contribution is -2.15. The Labute approximate surface area is 101 Å². The Morgan fingerprint density at radius 2 is 2.24 bits per heavy atom. The predicted molar refractivity (Wildman–Crippen MR) is 64.5 cm³/mol. The van der Waals surface area contributed by atoms with E-state index in [1.165, 1.54) is 0 Å². The Hall–Kier alpha value is -1.69. The number of aryl methyl sites for hydroxylation is 2. The first-order chi connectivity index (χ1) is 8.24. The number of nitrogens with one attached hydrogen (secondary N) is 1. The highest BCUT2D eigenvalue weighted by Gasteiger charge is 2.08. The van der Waals surface area contributed by atoms with Crippen LogP contribution in [0, 0.1) is 0 Å². The number of nitrogens with zero attached hydrogens (tertiary/aromatic N) is 5. The lowest BCUT2D eigenvalue weighted by atomic mass is 10.3. The molecule has 2 heterocycles. The molecule has 0 aromatic carbocycles. The van der Waals surface area contributed by atoms with E-state index in [9.17, 15) is 0 Å². The fourth-order valence-corrected chi connectivity index (χ4v) is 1.76. The molecular weight excluding hydrogens is 216 g/mol. The van der Waals surface area contributed by atoms with Gasteiger partial charge in [-0.15, -0.1) is 0 Å². The van der Waals surface area contributed by atoms with Gasteiger partial charge in [-0.2, -0.15) is 10.2 Å². The van der Waals surface area contributed by atoms with E-state index >= 15 is 0 Å². The summed E-state index contributed by atoms with van der Waals surface area (Å²) in [7, 11) is 3.86. The van der Waals surface area contributed by atoms with Gasteiger partial charge in [-0.1, -0.05) is 6.92 Å². The number of hydrogen-bond acceptors (Lipinski definition) is 4. The second kappa shape index (κ2) is 5.09. The van der Waals surface area contributed by atoms with Crippen molar-refractivity contribution in [2.24, 2.45) is 7.05 Å². The highest BCUT2D eigenvalue weighted by molar-refractivity contribution is 5.10. The quantitative estimate of drug-likeness (QED) is 0.810. The van der Waals surface area contributed by atoms with Gasteiger partial charge in [-0.3, -0.25) is 4.68 Å². The molecule has 0 saturated heterocycles. The summed E-state index contributed by atoms with van der Waals surface area (Å²) in [5, 5.41) is 11.7. The molecule has 2 aromatic rings. The van der Waals surface area contributed by atoms with Crippen molar-refractivity contribution in [3.63, 3.8) is 0 Å². The number of rotatable bonds is 5. The van der Waals surface area contributed by atoms with E-state index in [4.69, 9.17) is 0 Å². The third-order valence-electron chi connectivity index (χ3n) is 2.73. The molecule has 0 unspecified atom stereocenters. The second-order valence-electron chi connectivity index (χ2n) is 3.97. The standard InChI is InChI=1S/C11H18N6/c1-4-9-5-10(16(3)15-9)7-17-11(6-12-2)13-8-14-17/h5,8,12H,4,6-7H2,1-3H3. The first-order valence-corrected chi connectivity index (χ1v) is 5.77. The molecule has 2 rings (SSSR count). The largest absolute Gasteiger partial charge is 0.313 e. The summed E-state index contributed by atoms with van der Waals surface area (Å²) in [6.07, 6.45) is 2.54. The first-order valence-electron chi connectivity index (χ1n) is 5.77. The molecule has 0 radical (unpaired) electrons. The summed E-state index contributed by atoms with van der Waals surface area (Å²) in [4.78, 5) is 4.22. The molecule has 0 spiro atoms. The van der Waals surface area contributed by atoms with Gasteiger partial charge in [0.1, 0.15) is 12.2 Å². The Morgan fingerprint density at radius 1 is 1.41 bits per heavy atom. The zero-order valence-electron chi connectivity index (χ0n) is 10.5. The fraction of sp³-hybridized carbons (Fsp3) is 0.545. The van der Waals surface area contributed by atoms with Crippen molar-refractivity contribution in [3.8, 4) is 0 Å². The number of aromatic nitrogens is 5. The van der Waals surface area contributed by atoms with Gasteiger partial charge < -0.3 is 5.32 Å². The van der Waals surface area contributed by atoms with Crippen LogP contribution < -0.4 is 5.32 Å². The summed E-state index contributed by atoms with van der Waals surface area (Å²) in [5.74, 6) is 0.937. The minimum absolute atomic E-state index is 0.709. The normalized spacial score (nSPS) is 11.0. The highest BCUT2D eigenvalue weighted by Crippen LogP contribution is 2.06. The highest BCUT2D eigenvalue weighted by atomic mass is 15.4. The summed E-state index contributed by atoms with van der Waals surface area (Å²) in [5.41, 5.74) is 2.25. The van der Waals surface area contributed by atoms with Crippen LogP contribution in [0.5, 0.6) is 0 Å². The van der Waals surface area contributed by atoms with E-state index in [-0.39, 0.29) is 0 Å². The molecule has 0 aliphatic rings. The smallest absolute Gasteiger partial charge is 0.141 e. The molecule has 0 saturated carbocycles. The SMILES string of the molecule is CCc1cc(Cn2ncnc2CNC)n(C)n1. The van der Waals surface area contributed by atoms with Crippen LogP contribution in [0.3, 0.4) is 0 Å². The summed E-state index contributed by atoms with van der Waals surface area (Å²) >= 11 is 0. The van der Waals surface area contributed by atoms with Gasteiger partial charge >= 0.3 is 0 Å². The van der Waals surface area contributed by atoms with Crippen molar-refractivity contribution in [1.82, 2.24) is 29.9 Å². The Bertz CT molecular complexity index is 484. The molecule has 1 N–H and O–H groups in total. The van der Waals surface area contributed by atoms with E-state index in [0.29, 0.717) is 6.54 Å². The molecule has 0 atom stereocenters. The second-order valence-corrected chi connectivity index (χ2v) is 3.97. The van der Waals surface area contributed by atoms with Crippen LogP contribution >= 0.6 is 0 Å². The Morgan fingerprint density at radius 3 is 2.88 bits per heavy atom. The molecule has 0 bridgehead atoms. The van der Waals surface area contributed by atoms with E-state index in [0.717, 1.165) is 30.2 Å². The molecule has 6 nitrogen and oxygen atoms in total. The van der Waals surface area contributed by atoms with E-state index < -0.39 is 0 Å². The van der Waals surface area contributed by atoms with Gasteiger partial charge in [0.15, 0.2) is 0 Å². The van der Waals surface area contributed by atoms with Gasteiger partial charge in [0.05, 0.1) is 24.5 Å². The molecule has 0 aliphatic heterocycles. The third-order valence-corrected chi connectivity index (χ3v) is 2.73. The Kier molecular flexibility index (Phi) is 3.53. The van der Waals surface area contributed by atoms with Crippen molar-refractivity contribution in [1.29, 1.82) is 0 Å². The average Bonchev–Trinajstić information content (AvgIpc) is 2.88. The minimum atomic E-state index is 0.709. The van der Waals surface area contributed by atoms with Crippen molar-refractivity contribution in [2.75, 3.05) is 7.05 Å². The molecule has 0 aliphatic carbocycles. The van der Waals surface area contributed by atoms with Crippen LogP contribution in [-0.4, -0.2) is 31.6 Å². The third kappa shape index (κ3) is 2.52. The van der Waals surface area contributed by atoms with Crippen molar-refractivity contribution < 1.29 is 0 Å². The molecule has 2 aromatic heterocycles. The topological polar surface area (TPSA) is 60.6 Å². The molecule has 0 fully saturated rings. The van der Waals surface area contributed by atoms with Crippen LogP contribution in [0.25, 0.3) is 0 Å². The zero-order valence-corrected chi connectivity index (χ0v) is 10.5. The van der Waals surface area contributed by atoms with Gasteiger partial charge in [0.25, 0.3) is 0 Å². The average molecular weight is 234 g/mol. The predicted octanol–water partition coefficient (Wildman–Crippen LogP) is 0.342. The summed E-state index contributed by atoms with van der Waals surface area (Å²) in [6, 6.07) is 2.12. The van der Waals surface area contributed by atoms with Crippen molar-refractivity contribution >= 4 is 0 Å². The monoisotopic (exact) mass is 234 g/mol. The van der Waals surface area contributed by atoms with Crippen molar-refractivity contribution in [3.05, 3.63) is 29.6 Å². The summed E-state index contributed by atoms with van der Waals surface area (Å²) < 4.78 is 3.80. The summed E-state index contributed by atoms with van der Waals surface area (Å²) in [6.45, 7) is 3.53. The number of hydrogen-bond donors (Lipinski definition) is 1. The van der Waals surface area contributed by atoms with E-state index in [1.54, 1.807) is 6.33 Å². The first kappa shape index (κ1) is 11.8. The lowest BCUT2D eigenvalue weighted by Gasteiger charge is -2.05. The molecule has 17 heavy (non-hydrogen) atoms. The zero-order chi connectivity index (χ0) is 12.3. The maximum Gasteiger partial charge on any atom is 0.141 e. The molecular formula is C11H18N6. The van der Waals surface area contributed by atoms with Gasteiger partial charge in [0, 0.05) is 7.05 Å². The van der Waals surface area contributed by atoms with Crippen LogP contribution in [0.4, 0.5) is 0 Å². The molecule has 6 heteroatoms. The maximum absolute atomic E-state index is 4.42. The van der Waals surface area contributed by atoms with Gasteiger partial charge in [-0.05, 0) is 19.5 Å². The lowest BCUT2D eigenvalue weighted by molar-refractivity contribution is 0.577.